The van der Waals surface area contributed by atoms with Crippen LogP contribution in [0.5, 0.6) is 23.0 Å². The maximum Gasteiger partial charge on any atom is 0.160 e. The van der Waals surface area contributed by atoms with E-state index in [1.54, 1.807) is 12.1 Å². The number of aryl methyl sites for hydroxylation is 2. The van der Waals surface area contributed by atoms with Gasteiger partial charge in [0, 0.05) is 0 Å². The highest BCUT2D eigenvalue weighted by Crippen LogP contribution is 2.31. The number of benzene rings is 2. The summed E-state index contributed by atoms with van der Waals surface area (Å²) in [6.45, 7) is 0. The van der Waals surface area contributed by atoms with Gasteiger partial charge in [-0.05, 0) is 42.2 Å². The zero-order valence-electron chi connectivity index (χ0n) is 10.6. The second kappa shape index (κ2) is 5.52. The highest BCUT2D eigenvalue weighted by molar-refractivity contribution is 5.46. The van der Waals surface area contributed by atoms with Crippen molar-refractivity contribution >= 4 is 0 Å². The van der Waals surface area contributed by atoms with Crippen molar-refractivity contribution in [2.24, 2.45) is 0 Å². The van der Waals surface area contributed by atoms with Gasteiger partial charge >= 0.3 is 0 Å². The van der Waals surface area contributed by atoms with E-state index in [-0.39, 0.29) is 17.2 Å². The van der Waals surface area contributed by atoms with Crippen LogP contribution in [0.4, 0.5) is 0 Å². The SMILES string of the molecule is COc1cccc(CCc2ccc(O)c(O)c2)c1O. The van der Waals surface area contributed by atoms with Gasteiger partial charge in [0.1, 0.15) is 0 Å². The quantitative estimate of drug-likeness (QED) is 0.739. The number of para-hydroxylation sites is 1. The van der Waals surface area contributed by atoms with Crippen molar-refractivity contribution in [3.8, 4) is 23.0 Å². The molecule has 0 unspecified atom stereocenters. The summed E-state index contributed by atoms with van der Waals surface area (Å²) < 4.78 is 5.05. The first kappa shape index (κ1) is 13.1. The van der Waals surface area contributed by atoms with Crippen molar-refractivity contribution in [3.05, 3.63) is 47.5 Å². The number of phenols is 3. The van der Waals surface area contributed by atoms with Crippen LogP contribution in [0, 0.1) is 0 Å². The van der Waals surface area contributed by atoms with Gasteiger partial charge in [-0.25, -0.2) is 0 Å². The van der Waals surface area contributed by atoms with Crippen LogP contribution in [0.15, 0.2) is 36.4 Å². The zero-order valence-corrected chi connectivity index (χ0v) is 10.6. The predicted molar refractivity (Wildman–Crippen MR) is 71.8 cm³/mol. The Balaban J connectivity index is 2.12. The first-order valence-electron chi connectivity index (χ1n) is 5.97. The first-order valence-corrected chi connectivity index (χ1v) is 5.97. The number of aromatic hydroxyl groups is 3. The molecule has 4 nitrogen and oxygen atoms in total. The lowest BCUT2D eigenvalue weighted by molar-refractivity contribution is 0.370. The van der Waals surface area contributed by atoms with Crippen LogP contribution in [0.2, 0.25) is 0 Å². The highest BCUT2D eigenvalue weighted by atomic mass is 16.5. The van der Waals surface area contributed by atoms with Gasteiger partial charge in [0.05, 0.1) is 7.11 Å². The molecule has 19 heavy (non-hydrogen) atoms. The van der Waals surface area contributed by atoms with Crippen molar-refractivity contribution in [3.63, 3.8) is 0 Å². The molecule has 0 aliphatic rings. The Kier molecular flexibility index (Phi) is 3.80. The molecule has 0 saturated heterocycles. The molecule has 2 aromatic rings. The summed E-state index contributed by atoms with van der Waals surface area (Å²) in [5, 5.41) is 28.6. The molecule has 0 amide bonds. The smallest absolute Gasteiger partial charge is 0.160 e. The minimum Gasteiger partial charge on any atom is -0.504 e. The van der Waals surface area contributed by atoms with Crippen molar-refractivity contribution in [1.29, 1.82) is 0 Å². The molecule has 3 N–H and O–H groups in total. The third-order valence-electron chi connectivity index (χ3n) is 3.03. The Morgan fingerprint density at radius 2 is 1.74 bits per heavy atom. The van der Waals surface area contributed by atoms with Crippen LogP contribution < -0.4 is 4.74 Å². The van der Waals surface area contributed by atoms with Gasteiger partial charge in [-0.15, -0.1) is 0 Å². The van der Waals surface area contributed by atoms with E-state index in [0.29, 0.717) is 18.6 Å². The molecule has 0 spiro atoms. The molecule has 100 valence electrons. The molecular formula is C15H16O4. The second-order valence-corrected chi connectivity index (χ2v) is 4.29. The van der Waals surface area contributed by atoms with Crippen molar-refractivity contribution in [2.75, 3.05) is 7.11 Å². The highest BCUT2D eigenvalue weighted by Gasteiger charge is 2.08. The summed E-state index contributed by atoms with van der Waals surface area (Å²) in [5.74, 6) is 0.333. The van der Waals surface area contributed by atoms with Gasteiger partial charge in [-0.3, -0.25) is 0 Å². The standard InChI is InChI=1S/C15H16O4/c1-19-14-4-2-3-11(15(14)18)7-5-10-6-8-12(16)13(17)9-10/h2-4,6,8-9,16-18H,5,7H2,1H3. The minimum atomic E-state index is -0.132. The number of hydrogen-bond donors (Lipinski definition) is 3. The molecule has 0 atom stereocenters. The van der Waals surface area contributed by atoms with Gasteiger partial charge in [0.2, 0.25) is 0 Å². The average molecular weight is 260 g/mol. The topological polar surface area (TPSA) is 69.9 Å². The van der Waals surface area contributed by atoms with Crippen molar-refractivity contribution in [1.82, 2.24) is 0 Å². The first-order chi connectivity index (χ1) is 9.11. The summed E-state index contributed by atoms with van der Waals surface area (Å²) in [7, 11) is 1.51. The summed E-state index contributed by atoms with van der Waals surface area (Å²) in [6, 6.07) is 10.1. The molecule has 0 aromatic heterocycles. The second-order valence-electron chi connectivity index (χ2n) is 4.29. The Morgan fingerprint density at radius 1 is 0.947 bits per heavy atom. The van der Waals surface area contributed by atoms with Gasteiger partial charge in [0.15, 0.2) is 23.0 Å². The number of methoxy groups -OCH3 is 1. The molecule has 0 heterocycles. The van der Waals surface area contributed by atoms with E-state index in [2.05, 4.69) is 0 Å². The van der Waals surface area contributed by atoms with Gasteiger partial charge in [-0.2, -0.15) is 0 Å². The monoisotopic (exact) mass is 260 g/mol. The van der Waals surface area contributed by atoms with Gasteiger partial charge in [-0.1, -0.05) is 18.2 Å². The van der Waals surface area contributed by atoms with Gasteiger partial charge < -0.3 is 20.1 Å². The van der Waals surface area contributed by atoms with E-state index in [0.717, 1.165) is 11.1 Å². The molecule has 0 saturated carbocycles. The van der Waals surface area contributed by atoms with E-state index in [4.69, 9.17) is 4.74 Å². The van der Waals surface area contributed by atoms with E-state index >= 15 is 0 Å². The zero-order chi connectivity index (χ0) is 13.8. The Hall–Kier alpha value is -2.36. The van der Waals surface area contributed by atoms with Crippen LogP contribution in [0.25, 0.3) is 0 Å². The lowest BCUT2D eigenvalue weighted by Crippen LogP contribution is -1.93. The third-order valence-corrected chi connectivity index (χ3v) is 3.03. The molecule has 2 rings (SSSR count). The fourth-order valence-electron chi connectivity index (χ4n) is 1.94. The lowest BCUT2D eigenvalue weighted by Gasteiger charge is -2.09. The third kappa shape index (κ3) is 2.91. The average Bonchev–Trinajstić information content (AvgIpc) is 2.41. The molecule has 2 aromatic carbocycles. The van der Waals surface area contributed by atoms with E-state index in [1.807, 2.05) is 12.1 Å². The normalized spacial score (nSPS) is 10.4. The van der Waals surface area contributed by atoms with E-state index in [9.17, 15) is 15.3 Å². The van der Waals surface area contributed by atoms with Crippen LogP contribution in [0.3, 0.4) is 0 Å². The predicted octanol–water partition coefficient (Wildman–Crippen LogP) is 2.60. The number of phenolic OH excluding ortho intramolecular Hbond substituents is 3. The number of rotatable bonds is 4. The Morgan fingerprint density at radius 3 is 2.42 bits per heavy atom. The summed E-state index contributed by atoms with van der Waals surface area (Å²) >= 11 is 0. The van der Waals surface area contributed by atoms with Crippen LogP contribution in [-0.4, -0.2) is 22.4 Å². The molecule has 0 aliphatic heterocycles. The number of hydrogen-bond acceptors (Lipinski definition) is 4. The molecule has 4 heteroatoms. The number of ether oxygens (including phenoxy) is 1. The summed E-state index contributed by atoms with van der Waals surface area (Å²) in [5.41, 5.74) is 1.67. The largest absolute Gasteiger partial charge is 0.504 e. The fourth-order valence-corrected chi connectivity index (χ4v) is 1.94. The van der Waals surface area contributed by atoms with Gasteiger partial charge in [0.25, 0.3) is 0 Å². The van der Waals surface area contributed by atoms with E-state index in [1.165, 1.54) is 19.2 Å². The maximum absolute atomic E-state index is 9.95. The van der Waals surface area contributed by atoms with Crippen LogP contribution in [-0.2, 0) is 12.8 Å². The lowest BCUT2D eigenvalue weighted by atomic mass is 10.0. The summed E-state index contributed by atoms with van der Waals surface area (Å²) in [6.07, 6.45) is 1.27. The Bertz CT molecular complexity index is 578. The Labute approximate surface area is 111 Å². The summed E-state index contributed by atoms with van der Waals surface area (Å²) in [4.78, 5) is 0. The molecule has 0 bridgehead atoms. The maximum atomic E-state index is 9.95. The molecule has 0 radical (unpaired) electrons. The molecule has 0 aliphatic carbocycles. The van der Waals surface area contributed by atoms with Crippen molar-refractivity contribution in [2.45, 2.75) is 12.8 Å². The van der Waals surface area contributed by atoms with Crippen LogP contribution in [0.1, 0.15) is 11.1 Å². The van der Waals surface area contributed by atoms with E-state index < -0.39 is 0 Å². The fraction of sp³-hybridized carbons (Fsp3) is 0.200. The molecule has 0 fully saturated rings. The van der Waals surface area contributed by atoms with Crippen LogP contribution >= 0.6 is 0 Å². The molecular weight excluding hydrogens is 244 g/mol. The van der Waals surface area contributed by atoms with Crippen molar-refractivity contribution < 1.29 is 20.1 Å². The minimum absolute atomic E-state index is 0.132.